The number of hydrogen-bond donors (Lipinski definition) is 0. The second-order valence-electron chi connectivity index (χ2n) is 18.7. The zero-order valence-corrected chi connectivity index (χ0v) is 39.4. The van der Waals surface area contributed by atoms with E-state index < -0.39 is 0 Å². The van der Waals surface area contributed by atoms with Gasteiger partial charge >= 0.3 is 0 Å². The van der Waals surface area contributed by atoms with E-state index in [9.17, 15) is 0 Å². The number of benzene rings is 7. The third-order valence-corrected chi connectivity index (χ3v) is 13.5. The number of para-hydroxylation sites is 1. The molecule has 3 aliphatic carbocycles. The Balaban J connectivity index is 0.000000213. The molecule has 0 fully saturated rings. The van der Waals surface area contributed by atoms with Gasteiger partial charge in [-0.3, -0.25) is 0 Å². The van der Waals surface area contributed by atoms with Gasteiger partial charge in [0.05, 0.1) is 5.52 Å². The molecule has 1 nitrogen and oxygen atoms in total. The molecule has 8 aromatic rings. The summed E-state index contributed by atoms with van der Waals surface area (Å²) in [6, 6.07) is 61.7. The number of aromatic nitrogens is 1. The van der Waals surface area contributed by atoms with Crippen LogP contribution in [-0.4, -0.2) is 4.57 Å². The van der Waals surface area contributed by atoms with Crippen molar-refractivity contribution in [2.45, 2.75) is 66.2 Å². The summed E-state index contributed by atoms with van der Waals surface area (Å²) in [6.45, 7) is 13.3. The van der Waals surface area contributed by atoms with E-state index in [1.807, 2.05) is 18.2 Å². The van der Waals surface area contributed by atoms with Gasteiger partial charge in [-0.1, -0.05) is 232 Å². The van der Waals surface area contributed by atoms with Crippen LogP contribution in [0.5, 0.6) is 0 Å². The predicted octanol–water partition coefficient (Wildman–Crippen LogP) is 17.2. The van der Waals surface area contributed by atoms with Crippen molar-refractivity contribution in [2.24, 2.45) is 5.92 Å². The Kier molecular flexibility index (Phi) is 13.0. The van der Waals surface area contributed by atoms with Gasteiger partial charge in [-0.05, 0) is 119 Å². The number of fused-ring (bicyclic) bond motifs is 6. The van der Waals surface area contributed by atoms with Crippen molar-refractivity contribution >= 4 is 22.6 Å². The maximum absolute atomic E-state index is 2.49. The first kappa shape index (κ1) is 44.0. The molecule has 0 aliphatic heterocycles. The largest absolute Gasteiger partial charge is 0.313 e. The van der Waals surface area contributed by atoms with Gasteiger partial charge in [-0.15, -0.1) is 0 Å². The third kappa shape index (κ3) is 9.44. The molecule has 0 spiro atoms. The Morgan fingerprint density at radius 2 is 1.21 bits per heavy atom. The van der Waals surface area contributed by atoms with E-state index in [-0.39, 0.29) is 5.41 Å². The van der Waals surface area contributed by atoms with Crippen LogP contribution in [0.2, 0.25) is 0 Å². The van der Waals surface area contributed by atoms with Gasteiger partial charge in [0.15, 0.2) is 0 Å². The van der Waals surface area contributed by atoms with Gasteiger partial charge < -0.3 is 4.57 Å². The smallest absolute Gasteiger partial charge is 0.0537 e. The highest BCUT2D eigenvalue weighted by Crippen LogP contribution is 2.50. The lowest BCUT2D eigenvalue weighted by Crippen LogP contribution is -2.16. The minimum absolute atomic E-state index is 0.0914. The molecule has 66 heavy (non-hydrogen) atoms. The van der Waals surface area contributed by atoms with Gasteiger partial charge in [-0.25, -0.2) is 0 Å². The maximum atomic E-state index is 2.49. The van der Waals surface area contributed by atoms with Crippen LogP contribution in [0.1, 0.15) is 84.3 Å². The number of aryl methyl sites for hydroxylation is 2. The summed E-state index contributed by atoms with van der Waals surface area (Å²) in [7, 11) is 0. The summed E-state index contributed by atoms with van der Waals surface area (Å²) in [5.74, 6) is 0.698. The van der Waals surface area contributed by atoms with E-state index in [4.69, 9.17) is 0 Å². The molecule has 0 radical (unpaired) electrons. The molecule has 3 aliphatic rings. The van der Waals surface area contributed by atoms with Crippen LogP contribution >= 0.6 is 0 Å². The van der Waals surface area contributed by atoms with Crippen LogP contribution in [-0.2, 0) is 18.3 Å². The molecule has 1 aromatic heterocycles. The van der Waals surface area contributed by atoms with Crippen molar-refractivity contribution in [1.82, 2.24) is 4.57 Å². The summed E-state index contributed by atoms with van der Waals surface area (Å²) >= 11 is 0. The summed E-state index contributed by atoms with van der Waals surface area (Å²) in [5, 5.41) is 1.30. The second kappa shape index (κ2) is 19.5. The zero-order valence-electron chi connectivity index (χ0n) is 39.4. The molecule has 0 amide bonds. The molecule has 0 saturated carbocycles. The molecule has 7 aromatic carbocycles. The number of rotatable bonds is 5. The van der Waals surface area contributed by atoms with E-state index in [1.165, 1.54) is 107 Å². The predicted molar refractivity (Wildman–Crippen MR) is 284 cm³/mol. The second-order valence-corrected chi connectivity index (χ2v) is 18.7. The first-order chi connectivity index (χ1) is 32.2. The van der Waals surface area contributed by atoms with E-state index in [1.54, 1.807) is 0 Å². The fraction of sp³-hybridized carbons (Fsp3) is 0.169. The molecule has 1 unspecified atom stereocenters. The van der Waals surface area contributed by atoms with Crippen LogP contribution < -0.4 is 0 Å². The lowest BCUT2D eigenvalue weighted by atomic mass is 9.81. The third-order valence-electron chi connectivity index (χ3n) is 13.5. The van der Waals surface area contributed by atoms with Crippen molar-refractivity contribution in [1.29, 1.82) is 0 Å². The molecule has 0 saturated heterocycles. The molecule has 1 heterocycles. The minimum atomic E-state index is -0.0914. The molecular formula is C65H61N. The zero-order chi connectivity index (χ0) is 45.6. The topological polar surface area (TPSA) is 4.93 Å². The quantitative estimate of drug-likeness (QED) is 0.163. The monoisotopic (exact) mass is 855 g/mol. The number of nitrogens with zero attached hydrogens (tertiary/aromatic N) is 1. The van der Waals surface area contributed by atoms with Crippen molar-refractivity contribution in [3.05, 3.63) is 268 Å². The minimum Gasteiger partial charge on any atom is -0.313 e. The van der Waals surface area contributed by atoms with Gasteiger partial charge in [0.25, 0.3) is 0 Å². The normalized spacial score (nSPS) is 16.8. The first-order valence-corrected chi connectivity index (χ1v) is 23.7. The van der Waals surface area contributed by atoms with Crippen molar-refractivity contribution in [3.8, 4) is 27.9 Å². The van der Waals surface area contributed by atoms with E-state index in [0.29, 0.717) is 5.92 Å². The van der Waals surface area contributed by atoms with Crippen LogP contribution in [0, 0.1) is 19.8 Å². The Labute approximate surface area is 393 Å². The van der Waals surface area contributed by atoms with Crippen molar-refractivity contribution < 1.29 is 0 Å². The lowest BCUT2D eigenvalue weighted by molar-refractivity contribution is 0.658. The van der Waals surface area contributed by atoms with Crippen LogP contribution in [0.25, 0.3) is 50.5 Å². The lowest BCUT2D eigenvalue weighted by Gasteiger charge is -2.23. The Bertz CT molecular complexity index is 3130. The SMILES string of the molecule is C/C=C1\C=C/Cc2c(c3ccccc3n2-c2ccc3c(c2)C(C)(C)c2cc(Cc4ccc(-c5ccccc5)cc4)ccc2-3)/C=C\1.Cc1ccc(C2=CCC(C)C=C2)cc1.Cc1ccccc1. The Morgan fingerprint density at radius 1 is 0.591 bits per heavy atom. The highest BCUT2D eigenvalue weighted by atomic mass is 15.0. The average molecular weight is 856 g/mol. The van der Waals surface area contributed by atoms with Crippen molar-refractivity contribution in [2.75, 3.05) is 0 Å². The number of allylic oxidation sites excluding steroid dienone is 9. The van der Waals surface area contributed by atoms with Crippen LogP contribution in [0.4, 0.5) is 0 Å². The van der Waals surface area contributed by atoms with Crippen LogP contribution in [0.15, 0.2) is 218 Å². The molecular weight excluding hydrogens is 795 g/mol. The van der Waals surface area contributed by atoms with Gasteiger partial charge in [0.2, 0.25) is 0 Å². The standard InChI is InChI=1S/C44H37N.C14H16.C7H8/c1-4-30-11-10-16-43-39(25-19-30)38-14-8-9-15-42(38)45(43)35-23-26-37-36-24-20-32(28-40(36)44(2,3)41(37)29-35)27-31-17-21-34(22-18-31)33-12-6-5-7-13-33;1-11-3-7-13(8-4-11)14-9-5-12(2)6-10-14;1-7-5-3-2-4-6-7/h4-15,17-26,28-29H,16,27H2,1-3H3;3-5,7-10,12H,6H2,1-2H3;2-6H,1H3/b11-10-,25-19-,30-4+;;. The van der Waals surface area contributed by atoms with Crippen molar-refractivity contribution in [3.63, 3.8) is 0 Å². The first-order valence-electron chi connectivity index (χ1n) is 23.7. The molecule has 0 N–H and O–H groups in total. The molecule has 1 atom stereocenters. The fourth-order valence-electron chi connectivity index (χ4n) is 9.66. The van der Waals surface area contributed by atoms with Gasteiger partial charge in [-0.2, -0.15) is 0 Å². The molecule has 11 rings (SSSR count). The summed E-state index contributed by atoms with van der Waals surface area (Å²) in [5.41, 5.74) is 22.4. The highest BCUT2D eigenvalue weighted by molar-refractivity contribution is 5.94. The summed E-state index contributed by atoms with van der Waals surface area (Å²) < 4.78 is 2.49. The van der Waals surface area contributed by atoms with Gasteiger partial charge in [0.1, 0.15) is 0 Å². The summed E-state index contributed by atoms with van der Waals surface area (Å²) in [6.07, 6.45) is 21.1. The molecule has 1 heteroatoms. The summed E-state index contributed by atoms with van der Waals surface area (Å²) in [4.78, 5) is 0. The van der Waals surface area contributed by atoms with E-state index >= 15 is 0 Å². The van der Waals surface area contributed by atoms with E-state index in [0.717, 1.165) is 12.8 Å². The highest BCUT2D eigenvalue weighted by Gasteiger charge is 2.36. The Morgan fingerprint density at radius 3 is 1.89 bits per heavy atom. The molecule has 326 valence electrons. The molecule has 0 bridgehead atoms. The van der Waals surface area contributed by atoms with E-state index in [2.05, 4.69) is 246 Å². The fourth-order valence-corrected chi connectivity index (χ4v) is 9.66. The van der Waals surface area contributed by atoms with Gasteiger partial charge in [0, 0.05) is 34.2 Å². The number of hydrogen-bond acceptors (Lipinski definition) is 0. The van der Waals surface area contributed by atoms with Crippen LogP contribution in [0.3, 0.4) is 0 Å². The maximum Gasteiger partial charge on any atom is 0.0537 e. The average Bonchev–Trinajstić information content (AvgIpc) is 3.76. The Hall–Kier alpha value is -7.22.